The molecule has 0 aliphatic carbocycles. The van der Waals surface area contributed by atoms with Gasteiger partial charge in [-0.3, -0.25) is 4.79 Å². The predicted octanol–water partition coefficient (Wildman–Crippen LogP) is 1.13. The highest BCUT2D eigenvalue weighted by molar-refractivity contribution is 5.78. The summed E-state index contributed by atoms with van der Waals surface area (Å²) in [7, 11) is 1.53. The van der Waals surface area contributed by atoms with E-state index in [0.29, 0.717) is 11.5 Å². The van der Waals surface area contributed by atoms with E-state index in [1.165, 1.54) is 7.11 Å². The summed E-state index contributed by atoms with van der Waals surface area (Å²) in [6.45, 7) is -0.0936. The highest BCUT2D eigenvalue weighted by Gasteiger charge is 2.06. The van der Waals surface area contributed by atoms with Crippen LogP contribution in [-0.2, 0) is 11.3 Å². The molecule has 0 unspecified atom stereocenters. The molecule has 0 atom stereocenters. The maximum absolute atomic E-state index is 10.6. The quantitative estimate of drug-likeness (QED) is 0.817. The number of methoxy groups -OCH3 is 1. The first kappa shape index (κ1) is 9.51. The SMILES string of the molecule is COc1ccc2ccn(CC(=O)O)c2n1. The topological polar surface area (TPSA) is 64.3 Å². The van der Waals surface area contributed by atoms with Crippen LogP contribution in [0.3, 0.4) is 0 Å². The number of hydrogen-bond acceptors (Lipinski definition) is 3. The smallest absolute Gasteiger partial charge is 0.323 e. The number of rotatable bonds is 3. The van der Waals surface area contributed by atoms with E-state index in [-0.39, 0.29) is 6.54 Å². The van der Waals surface area contributed by atoms with Crippen molar-refractivity contribution in [3.8, 4) is 5.88 Å². The molecule has 15 heavy (non-hydrogen) atoms. The third kappa shape index (κ3) is 1.76. The van der Waals surface area contributed by atoms with Gasteiger partial charge in [-0.25, -0.2) is 0 Å². The Balaban J connectivity index is 2.51. The van der Waals surface area contributed by atoms with Gasteiger partial charge >= 0.3 is 5.97 Å². The summed E-state index contributed by atoms with van der Waals surface area (Å²) < 4.78 is 6.55. The Morgan fingerprint density at radius 1 is 1.53 bits per heavy atom. The number of fused-ring (bicyclic) bond motifs is 1. The number of aromatic nitrogens is 2. The van der Waals surface area contributed by atoms with Gasteiger partial charge in [0.15, 0.2) is 0 Å². The summed E-state index contributed by atoms with van der Waals surface area (Å²) in [5.41, 5.74) is 0.622. The normalized spacial score (nSPS) is 10.5. The Bertz CT molecular complexity index is 504. The van der Waals surface area contributed by atoms with E-state index < -0.39 is 5.97 Å². The van der Waals surface area contributed by atoms with Crippen LogP contribution in [-0.4, -0.2) is 27.7 Å². The van der Waals surface area contributed by atoms with Gasteiger partial charge in [0.1, 0.15) is 12.2 Å². The predicted molar refractivity (Wildman–Crippen MR) is 53.9 cm³/mol. The van der Waals surface area contributed by atoms with Crippen molar-refractivity contribution in [2.24, 2.45) is 0 Å². The number of nitrogens with zero attached hydrogens (tertiary/aromatic N) is 2. The minimum absolute atomic E-state index is 0.0936. The molecular weight excluding hydrogens is 196 g/mol. The Labute approximate surface area is 85.9 Å². The summed E-state index contributed by atoms with van der Waals surface area (Å²) in [5.74, 6) is -0.412. The summed E-state index contributed by atoms with van der Waals surface area (Å²) >= 11 is 0. The number of carboxylic acid groups (broad SMARTS) is 1. The van der Waals surface area contributed by atoms with Gasteiger partial charge in [-0.15, -0.1) is 0 Å². The first-order valence-electron chi connectivity index (χ1n) is 4.42. The van der Waals surface area contributed by atoms with Crippen molar-refractivity contribution in [2.45, 2.75) is 6.54 Å². The second kappa shape index (κ2) is 3.61. The van der Waals surface area contributed by atoms with Crippen LogP contribution >= 0.6 is 0 Å². The molecule has 2 aromatic rings. The van der Waals surface area contributed by atoms with Crippen LogP contribution in [0, 0.1) is 0 Å². The van der Waals surface area contributed by atoms with Gasteiger partial charge in [-0.05, 0) is 12.1 Å². The molecule has 0 saturated carbocycles. The highest BCUT2D eigenvalue weighted by Crippen LogP contribution is 2.17. The number of carboxylic acids is 1. The van der Waals surface area contributed by atoms with E-state index in [9.17, 15) is 4.79 Å². The van der Waals surface area contributed by atoms with Crippen LogP contribution in [0.15, 0.2) is 24.4 Å². The molecule has 0 radical (unpaired) electrons. The molecule has 2 rings (SSSR count). The zero-order valence-electron chi connectivity index (χ0n) is 8.17. The molecule has 5 nitrogen and oxygen atoms in total. The molecule has 2 heterocycles. The fourth-order valence-corrected chi connectivity index (χ4v) is 1.43. The molecule has 78 valence electrons. The van der Waals surface area contributed by atoms with Gasteiger partial charge in [0.2, 0.25) is 5.88 Å². The first-order chi connectivity index (χ1) is 7.20. The molecule has 0 aliphatic rings. The lowest BCUT2D eigenvalue weighted by Gasteiger charge is -2.02. The lowest BCUT2D eigenvalue weighted by molar-refractivity contribution is -0.137. The molecule has 0 saturated heterocycles. The Kier molecular flexibility index (Phi) is 2.29. The second-order valence-electron chi connectivity index (χ2n) is 3.10. The van der Waals surface area contributed by atoms with Crippen molar-refractivity contribution < 1.29 is 14.6 Å². The van der Waals surface area contributed by atoms with E-state index in [2.05, 4.69) is 4.98 Å². The molecular formula is C10H10N2O3. The van der Waals surface area contributed by atoms with E-state index in [1.807, 2.05) is 12.1 Å². The molecule has 2 aromatic heterocycles. The molecule has 5 heteroatoms. The van der Waals surface area contributed by atoms with Gasteiger partial charge in [0, 0.05) is 17.6 Å². The van der Waals surface area contributed by atoms with Crippen molar-refractivity contribution in [3.05, 3.63) is 24.4 Å². The molecule has 0 aromatic carbocycles. The van der Waals surface area contributed by atoms with Crippen LogP contribution in [0.25, 0.3) is 11.0 Å². The monoisotopic (exact) mass is 206 g/mol. The standard InChI is InChI=1S/C10H10N2O3/c1-15-8-3-2-7-4-5-12(6-9(13)14)10(7)11-8/h2-5H,6H2,1H3,(H,13,14). The van der Waals surface area contributed by atoms with Crippen molar-refractivity contribution >= 4 is 17.0 Å². The van der Waals surface area contributed by atoms with Crippen LogP contribution in [0.4, 0.5) is 0 Å². The van der Waals surface area contributed by atoms with Gasteiger partial charge < -0.3 is 14.4 Å². The second-order valence-corrected chi connectivity index (χ2v) is 3.10. The van der Waals surface area contributed by atoms with Gasteiger partial charge in [0.05, 0.1) is 7.11 Å². The van der Waals surface area contributed by atoms with Crippen LogP contribution in [0.5, 0.6) is 5.88 Å². The summed E-state index contributed by atoms with van der Waals surface area (Å²) in [5, 5.41) is 9.59. The van der Waals surface area contributed by atoms with Crippen molar-refractivity contribution in [1.29, 1.82) is 0 Å². The zero-order chi connectivity index (χ0) is 10.8. The van der Waals surface area contributed by atoms with E-state index in [4.69, 9.17) is 9.84 Å². The summed E-state index contributed by atoms with van der Waals surface area (Å²) in [4.78, 5) is 14.8. The summed E-state index contributed by atoms with van der Waals surface area (Å²) in [6, 6.07) is 5.41. The number of carbonyl (C=O) groups is 1. The van der Waals surface area contributed by atoms with Crippen LogP contribution in [0.1, 0.15) is 0 Å². The highest BCUT2D eigenvalue weighted by atomic mass is 16.5. The van der Waals surface area contributed by atoms with Gasteiger partial charge in [-0.2, -0.15) is 4.98 Å². The van der Waals surface area contributed by atoms with Crippen molar-refractivity contribution in [3.63, 3.8) is 0 Å². The Morgan fingerprint density at radius 3 is 3.00 bits per heavy atom. The van der Waals surface area contributed by atoms with E-state index >= 15 is 0 Å². The number of ether oxygens (including phenoxy) is 1. The fourth-order valence-electron chi connectivity index (χ4n) is 1.43. The first-order valence-corrected chi connectivity index (χ1v) is 4.42. The molecule has 0 spiro atoms. The molecule has 1 N–H and O–H groups in total. The maximum atomic E-state index is 10.6. The molecule has 0 fully saturated rings. The minimum Gasteiger partial charge on any atom is -0.481 e. The maximum Gasteiger partial charge on any atom is 0.323 e. The van der Waals surface area contributed by atoms with E-state index in [1.54, 1.807) is 16.8 Å². The number of pyridine rings is 1. The van der Waals surface area contributed by atoms with Crippen LogP contribution in [0.2, 0.25) is 0 Å². The van der Waals surface area contributed by atoms with Crippen molar-refractivity contribution in [1.82, 2.24) is 9.55 Å². The lowest BCUT2D eigenvalue weighted by Crippen LogP contribution is -2.08. The summed E-state index contributed by atoms with van der Waals surface area (Å²) in [6.07, 6.45) is 1.70. The third-order valence-electron chi connectivity index (χ3n) is 2.10. The Morgan fingerprint density at radius 2 is 2.33 bits per heavy atom. The van der Waals surface area contributed by atoms with E-state index in [0.717, 1.165) is 5.39 Å². The largest absolute Gasteiger partial charge is 0.481 e. The average molecular weight is 206 g/mol. The minimum atomic E-state index is -0.892. The number of hydrogen-bond donors (Lipinski definition) is 1. The zero-order valence-corrected chi connectivity index (χ0v) is 8.17. The number of aliphatic carboxylic acids is 1. The Hall–Kier alpha value is -2.04. The lowest BCUT2D eigenvalue weighted by atomic mass is 10.3. The fraction of sp³-hybridized carbons (Fsp3) is 0.200. The average Bonchev–Trinajstić information content (AvgIpc) is 2.60. The molecule has 0 aliphatic heterocycles. The van der Waals surface area contributed by atoms with Gasteiger partial charge in [0.25, 0.3) is 0 Å². The van der Waals surface area contributed by atoms with Gasteiger partial charge in [-0.1, -0.05) is 0 Å². The molecule has 0 bridgehead atoms. The van der Waals surface area contributed by atoms with Crippen LogP contribution < -0.4 is 4.74 Å². The third-order valence-corrected chi connectivity index (χ3v) is 2.10. The molecule has 0 amide bonds. The van der Waals surface area contributed by atoms with Crippen molar-refractivity contribution in [2.75, 3.05) is 7.11 Å².